The lowest BCUT2D eigenvalue weighted by atomic mass is 9.99. The Balaban J connectivity index is 0.00000192. The number of benzene rings is 1. The summed E-state index contributed by atoms with van der Waals surface area (Å²) in [6.07, 6.45) is -1.14. The van der Waals surface area contributed by atoms with E-state index in [0.29, 0.717) is 24.2 Å². The molecular formula is C15H17ClF4N2O. The second-order valence-electron chi connectivity index (χ2n) is 5.97. The minimum atomic E-state index is -4.81. The summed E-state index contributed by atoms with van der Waals surface area (Å²) >= 11 is 0. The number of piperidine rings is 1. The number of hydrogen-bond acceptors (Lipinski definition) is 2. The van der Waals surface area contributed by atoms with Crippen LogP contribution < -0.4 is 10.6 Å². The van der Waals surface area contributed by atoms with E-state index >= 15 is 0 Å². The Morgan fingerprint density at radius 3 is 2.35 bits per heavy atom. The topological polar surface area (TPSA) is 41.1 Å². The van der Waals surface area contributed by atoms with Gasteiger partial charge in [-0.3, -0.25) is 4.79 Å². The lowest BCUT2D eigenvalue weighted by molar-refractivity contribution is -0.140. The fraction of sp³-hybridized carbons (Fsp3) is 0.533. The third kappa shape index (κ3) is 3.95. The smallest absolute Gasteiger partial charge is 0.349 e. The largest absolute Gasteiger partial charge is 0.419 e. The van der Waals surface area contributed by atoms with E-state index in [1.807, 2.05) is 0 Å². The van der Waals surface area contributed by atoms with Crippen molar-refractivity contribution in [3.8, 4) is 0 Å². The maximum absolute atomic E-state index is 13.2. The van der Waals surface area contributed by atoms with Crippen molar-refractivity contribution >= 4 is 18.3 Å². The quantitative estimate of drug-likeness (QED) is 0.802. The number of carbonyl (C=O) groups excluding carboxylic acids is 1. The lowest BCUT2D eigenvalue weighted by Gasteiger charge is -2.29. The predicted molar refractivity (Wildman–Crippen MR) is 79.1 cm³/mol. The molecule has 0 aromatic heterocycles. The summed E-state index contributed by atoms with van der Waals surface area (Å²) in [5.41, 5.74) is -1.58. The Kier molecular flexibility index (Phi) is 5.20. The summed E-state index contributed by atoms with van der Waals surface area (Å²) in [4.78, 5) is 12.1. The first-order valence-corrected chi connectivity index (χ1v) is 7.26. The van der Waals surface area contributed by atoms with Crippen LogP contribution in [0.1, 0.15) is 41.6 Å². The third-order valence-electron chi connectivity index (χ3n) is 4.34. The molecule has 128 valence electrons. The molecule has 2 aliphatic heterocycles. The number of hydrogen-bond donors (Lipinski definition) is 2. The van der Waals surface area contributed by atoms with Gasteiger partial charge in [-0.15, -0.1) is 12.4 Å². The number of rotatable bonds is 2. The number of carbonyl (C=O) groups is 1. The SMILES string of the molecule is Cl.O=C(NC1CC2CCC(C1)N2)c1ccc(F)c(C(F)(F)F)c1. The van der Waals surface area contributed by atoms with Crippen molar-refractivity contribution in [2.45, 2.75) is 50.0 Å². The van der Waals surface area contributed by atoms with Gasteiger partial charge in [-0.05, 0) is 43.9 Å². The van der Waals surface area contributed by atoms with Gasteiger partial charge in [-0.2, -0.15) is 13.2 Å². The van der Waals surface area contributed by atoms with Gasteiger partial charge in [0.05, 0.1) is 5.56 Å². The Morgan fingerprint density at radius 1 is 1.17 bits per heavy atom. The minimum Gasteiger partial charge on any atom is -0.349 e. The molecule has 2 heterocycles. The first kappa shape index (κ1) is 18.0. The minimum absolute atomic E-state index is 0. The molecule has 0 saturated carbocycles. The van der Waals surface area contributed by atoms with Crippen LogP contribution in [0.3, 0.4) is 0 Å². The molecule has 3 rings (SSSR count). The van der Waals surface area contributed by atoms with Gasteiger partial charge < -0.3 is 10.6 Å². The number of amides is 1. The van der Waals surface area contributed by atoms with Crippen molar-refractivity contribution < 1.29 is 22.4 Å². The van der Waals surface area contributed by atoms with Crippen LogP contribution in [-0.2, 0) is 6.18 Å². The van der Waals surface area contributed by atoms with E-state index in [1.54, 1.807) is 0 Å². The van der Waals surface area contributed by atoms with E-state index in [0.717, 1.165) is 31.7 Å². The van der Waals surface area contributed by atoms with Gasteiger partial charge in [0.1, 0.15) is 5.82 Å². The lowest BCUT2D eigenvalue weighted by Crippen LogP contribution is -2.48. The van der Waals surface area contributed by atoms with Gasteiger partial charge in [0.15, 0.2) is 0 Å². The van der Waals surface area contributed by atoms with Crippen molar-refractivity contribution in [2.24, 2.45) is 0 Å². The van der Waals surface area contributed by atoms with Gasteiger partial charge in [0.2, 0.25) is 0 Å². The highest BCUT2D eigenvalue weighted by Crippen LogP contribution is 2.32. The van der Waals surface area contributed by atoms with E-state index in [4.69, 9.17) is 0 Å². The van der Waals surface area contributed by atoms with Crippen molar-refractivity contribution in [3.05, 3.63) is 35.1 Å². The number of fused-ring (bicyclic) bond motifs is 2. The molecule has 2 atom stereocenters. The Labute approximate surface area is 137 Å². The van der Waals surface area contributed by atoms with Gasteiger partial charge in [0, 0.05) is 23.7 Å². The van der Waals surface area contributed by atoms with E-state index < -0.39 is 23.5 Å². The van der Waals surface area contributed by atoms with Crippen molar-refractivity contribution in [1.29, 1.82) is 0 Å². The summed E-state index contributed by atoms with van der Waals surface area (Å²) in [5.74, 6) is -1.96. The molecular weight excluding hydrogens is 336 g/mol. The van der Waals surface area contributed by atoms with Gasteiger partial charge in [-0.25, -0.2) is 4.39 Å². The van der Waals surface area contributed by atoms with Crippen LogP contribution in [0, 0.1) is 5.82 Å². The van der Waals surface area contributed by atoms with E-state index in [9.17, 15) is 22.4 Å². The van der Waals surface area contributed by atoms with E-state index in [1.165, 1.54) is 0 Å². The molecule has 0 radical (unpaired) electrons. The zero-order valence-electron chi connectivity index (χ0n) is 12.1. The maximum Gasteiger partial charge on any atom is 0.419 e. The monoisotopic (exact) mass is 352 g/mol. The normalized spacial score (nSPS) is 26.5. The Hall–Kier alpha value is -1.34. The van der Waals surface area contributed by atoms with Crippen LogP contribution >= 0.6 is 12.4 Å². The molecule has 2 bridgehead atoms. The second kappa shape index (κ2) is 6.65. The molecule has 0 aliphatic carbocycles. The van der Waals surface area contributed by atoms with Gasteiger partial charge in [-0.1, -0.05) is 0 Å². The van der Waals surface area contributed by atoms with Gasteiger partial charge in [0.25, 0.3) is 5.91 Å². The average molecular weight is 353 g/mol. The Morgan fingerprint density at radius 2 is 1.78 bits per heavy atom. The van der Waals surface area contributed by atoms with Gasteiger partial charge >= 0.3 is 6.18 Å². The highest BCUT2D eigenvalue weighted by molar-refractivity contribution is 5.94. The number of halogens is 5. The fourth-order valence-corrected chi connectivity index (χ4v) is 3.33. The number of nitrogens with one attached hydrogen (secondary N) is 2. The molecule has 2 fully saturated rings. The summed E-state index contributed by atoms with van der Waals surface area (Å²) < 4.78 is 51.3. The molecule has 8 heteroatoms. The highest BCUT2D eigenvalue weighted by atomic mass is 35.5. The van der Waals surface area contributed by atoms with Crippen molar-refractivity contribution in [1.82, 2.24) is 10.6 Å². The van der Waals surface area contributed by atoms with Crippen molar-refractivity contribution in [3.63, 3.8) is 0 Å². The molecule has 1 amide bonds. The zero-order chi connectivity index (χ0) is 15.9. The van der Waals surface area contributed by atoms with E-state index in [-0.39, 0.29) is 24.0 Å². The molecule has 2 N–H and O–H groups in total. The third-order valence-corrected chi connectivity index (χ3v) is 4.34. The molecule has 2 unspecified atom stereocenters. The summed E-state index contributed by atoms with van der Waals surface area (Å²) in [6.45, 7) is 0. The molecule has 3 nitrogen and oxygen atoms in total. The molecule has 1 aromatic carbocycles. The standard InChI is InChI=1S/C15H16F4N2O.ClH/c16-13-4-1-8(5-12(13)15(17,18)19)14(22)21-11-6-9-2-3-10(7-11)20-9;/h1,4-5,9-11,20H,2-3,6-7H2,(H,21,22);1H. The molecule has 2 aliphatic rings. The maximum atomic E-state index is 13.2. The second-order valence-corrected chi connectivity index (χ2v) is 5.97. The molecule has 23 heavy (non-hydrogen) atoms. The zero-order valence-corrected chi connectivity index (χ0v) is 12.9. The molecule has 0 spiro atoms. The van der Waals surface area contributed by atoms with Crippen LogP contribution in [0.5, 0.6) is 0 Å². The van der Waals surface area contributed by atoms with Crippen LogP contribution in [0.25, 0.3) is 0 Å². The number of alkyl halides is 3. The van der Waals surface area contributed by atoms with E-state index in [2.05, 4.69) is 10.6 Å². The molecule has 1 aromatic rings. The first-order chi connectivity index (χ1) is 10.3. The summed E-state index contributed by atoms with van der Waals surface area (Å²) in [5, 5.41) is 6.19. The van der Waals surface area contributed by atoms with Crippen LogP contribution in [0.2, 0.25) is 0 Å². The van der Waals surface area contributed by atoms with Crippen LogP contribution in [0.4, 0.5) is 17.6 Å². The van der Waals surface area contributed by atoms with Crippen LogP contribution in [-0.4, -0.2) is 24.0 Å². The molecule has 2 saturated heterocycles. The summed E-state index contributed by atoms with van der Waals surface area (Å²) in [7, 11) is 0. The Bertz CT molecular complexity index is 581. The highest BCUT2D eigenvalue weighted by Gasteiger charge is 2.36. The van der Waals surface area contributed by atoms with Crippen molar-refractivity contribution in [2.75, 3.05) is 0 Å². The van der Waals surface area contributed by atoms with Crippen LogP contribution in [0.15, 0.2) is 18.2 Å². The first-order valence-electron chi connectivity index (χ1n) is 7.26. The summed E-state index contributed by atoms with van der Waals surface area (Å²) in [6, 6.07) is 3.01. The average Bonchev–Trinajstić information content (AvgIpc) is 2.77. The fourth-order valence-electron chi connectivity index (χ4n) is 3.33. The predicted octanol–water partition coefficient (Wildman–Crippen LogP) is 3.28.